The van der Waals surface area contributed by atoms with E-state index < -0.39 is 50.1 Å². The monoisotopic (exact) mass is 666 g/mol. The molecule has 0 amide bonds. The van der Waals surface area contributed by atoms with Crippen molar-refractivity contribution >= 4 is 11.9 Å². The van der Waals surface area contributed by atoms with E-state index in [0.29, 0.717) is 13.2 Å². The van der Waals surface area contributed by atoms with Crippen LogP contribution in [0, 0.1) is 0 Å². The Bertz CT molecular complexity index is 259. The molecule has 110 valence electrons. The van der Waals surface area contributed by atoms with E-state index in [0.717, 1.165) is 7.86 Å². The van der Waals surface area contributed by atoms with Gasteiger partial charge in [-0.2, -0.15) is 0 Å². The summed E-state index contributed by atoms with van der Waals surface area (Å²) in [6.45, 7) is 7.96. The van der Waals surface area contributed by atoms with Gasteiger partial charge in [0.2, 0.25) is 0 Å². The van der Waals surface area contributed by atoms with Crippen LogP contribution in [0.15, 0.2) is 0 Å². The first-order valence-electron chi connectivity index (χ1n) is 7.01. The van der Waals surface area contributed by atoms with Crippen LogP contribution in [-0.4, -0.2) is 37.4 Å². The Kier molecular flexibility index (Phi) is 13.9. The van der Waals surface area contributed by atoms with Gasteiger partial charge in [-0.15, -0.1) is 0 Å². The first-order valence-corrected chi connectivity index (χ1v) is 19.3. The molecule has 0 bridgehead atoms. The molecule has 0 aromatic rings. The van der Waals surface area contributed by atoms with Crippen molar-refractivity contribution in [2.75, 3.05) is 13.2 Å². The quantitative estimate of drug-likeness (QED) is 0.314. The molecule has 0 aliphatic carbocycles. The fraction of sp³-hybridized carbons (Fsp3) is 0.833. The molecule has 0 aliphatic rings. The number of hydrogen-bond acceptors (Lipinski definition) is 6. The first kappa shape index (κ1) is 20.7. The molecule has 20 heavy (non-hydrogen) atoms. The molecule has 6 nitrogen and oxygen atoms in total. The van der Waals surface area contributed by atoms with Crippen LogP contribution in [0.2, 0.25) is 7.86 Å². The summed E-state index contributed by atoms with van der Waals surface area (Å²) in [6, 6.07) is 0. The molecule has 0 heterocycles. The summed E-state index contributed by atoms with van der Waals surface area (Å²) in [5.41, 5.74) is 0. The van der Waals surface area contributed by atoms with E-state index in [1.54, 1.807) is 0 Å². The summed E-state index contributed by atoms with van der Waals surface area (Å²) in [4.78, 5) is 21.7. The second-order valence-electron chi connectivity index (χ2n) is 4.25. The van der Waals surface area contributed by atoms with Crippen molar-refractivity contribution in [3.05, 3.63) is 0 Å². The fourth-order valence-electron chi connectivity index (χ4n) is 1.82. The van der Waals surface area contributed by atoms with Gasteiger partial charge in [0.05, 0.1) is 0 Å². The number of ether oxygens (including phenoxy) is 2. The van der Waals surface area contributed by atoms with Gasteiger partial charge in [0.25, 0.3) is 0 Å². The molecule has 0 fully saturated rings. The van der Waals surface area contributed by atoms with Crippen LogP contribution in [0.4, 0.5) is 0 Å². The van der Waals surface area contributed by atoms with Crippen molar-refractivity contribution in [2.24, 2.45) is 0 Å². The van der Waals surface area contributed by atoms with Crippen molar-refractivity contribution in [1.29, 1.82) is 0 Å². The molecule has 0 saturated heterocycles. The summed E-state index contributed by atoms with van der Waals surface area (Å²) in [7, 11) is 0. The maximum atomic E-state index is 10.8. The fourth-order valence-corrected chi connectivity index (χ4v) is 11.0. The van der Waals surface area contributed by atoms with Crippen LogP contribution in [0.25, 0.3) is 0 Å². The second kappa shape index (κ2) is 13.4. The normalized spacial score (nSPS) is 12.8. The van der Waals surface area contributed by atoms with E-state index in [-0.39, 0.29) is 24.1 Å². The average molecular weight is 663 g/mol. The molecule has 0 radical (unpaired) electrons. The van der Waals surface area contributed by atoms with E-state index in [4.69, 9.17) is 14.8 Å². The predicted molar refractivity (Wildman–Crippen MR) is 64.0 cm³/mol. The van der Waals surface area contributed by atoms with E-state index >= 15 is 0 Å². The Morgan fingerprint density at radius 3 is 1.45 bits per heavy atom. The van der Waals surface area contributed by atoms with E-state index in [9.17, 15) is 9.59 Å². The molecular weight excluding hydrogens is 641 g/mol. The van der Waals surface area contributed by atoms with Gasteiger partial charge in [0.1, 0.15) is 0 Å². The van der Waals surface area contributed by atoms with Crippen LogP contribution in [0.3, 0.4) is 0 Å². The maximum absolute atomic E-state index is 10.8. The standard InChI is InChI=1S/C8H16O2.2C2H4O2.2Hg/c1-5-9-7(3)8(4)10-6-2;2*1-2(3)4;;/h7-8H,3-6H2,1-2H3;2*1H3,(H,3,4);;/q;;;2*+1/p-2/t7-,8+;;;;. The minimum atomic E-state index is -1.69. The molecule has 0 aliphatic heterocycles. The van der Waals surface area contributed by atoms with Crippen LogP contribution in [0.5, 0.6) is 0 Å². The number of carbonyl (C=O) groups excluding carboxylic acids is 2. The van der Waals surface area contributed by atoms with Gasteiger partial charge in [-0.3, -0.25) is 0 Å². The van der Waals surface area contributed by atoms with Gasteiger partial charge in [0.15, 0.2) is 0 Å². The number of carbonyl (C=O) groups is 2. The second-order valence-corrected chi connectivity index (χ2v) is 14.2. The molecular formula is C12H22Hg2O6. The topological polar surface area (TPSA) is 71.1 Å². The van der Waals surface area contributed by atoms with Gasteiger partial charge in [-0.05, 0) is 0 Å². The summed E-state index contributed by atoms with van der Waals surface area (Å²) in [5.74, 6) is -0.399. The summed E-state index contributed by atoms with van der Waals surface area (Å²) >= 11 is -3.38. The third kappa shape index (κ3) is 11.4. The molecule has 0 unspecified atom stereocenters. The van der Waals surface area contributed by atoms with Crippen molar-refractivity contribution in [2.45, 2.75) is 47.8 Å². The van der Waals surface area contributed by atoms with Crippen LogP contribution < -0.4 is 0 Å². The number of rotatable bonds is 11. The van der Waals surface area contributed by atoms with Crippen LogP contribution in [0.1, 0.15) is 27.7 Å². The molecule has 0 aromatic heterocycles. The molecule has 0 N–H and O–H groups in total. The summed E-state index contributed by atoms with van der Waals surface area (Å²) in [6.07, 6.45) is -0.0620. The molecule has 8 heteroatoms. The molecule has 2 atom stereocenters. The summed E-state index contributed by atoms with van der Waals surface area (Å²) in [5, 5.41) is 0. The average Bonchev–Trinajstić information content (AvgIpc) is 2.36. The Morgan fingerprint density at radius 1 is 0.850 bits per heavy atom. The van der Waals surface area contributed by atoms with E-state index in [1.165, 1.54) is 13.8 Å². The van der Waals surface area contributed by atoms with Gasteiger partial charge in [-0.1, -0.05) is 0 Å². The zero-order chi connectivity index (χ0) is 15.4. The predicted octanol–water partition coefficient (Wildman–Crippen LogP) is 1.75. The zero-order valence-electron chi connectivity index (χ0n) is 12.8. The van der Waals surface area contributed by atoms with Gasteiger partial charge in [-0.25, -0.2) is 0 Å². The minimum absolute atomic E-state index is 0.0310. The molecule has 0 spiro atoms. The molecule has 0 rings (SSSR count). The van der Waals surface area contributed by atoms with Crippen LogP contribution >= 0.6 is 0 Å². The van der Waals surface area contributed by atoms with E-state index in [1.807, 2.05) is 13.8 Å². The summed E-state index contributed by atoms with van der Waals surface area (Å²) < 4.78 is 23.4. The Morgan fingerprint density at radius 2 is 1.20 bits per heavy atom. The SMILES string of the molecule is CCO[C@@H]([CH2][Hg][O]C(C)=O)[C@@H]([CH2][Hg][O]C(C)=O)OCC. The Labute approximate surface area is 146 Å². The number of hydrogen-bond donors (Lipinski definition) is 0. The van der Waals surface area contributed by atoms with E-state index in [2.05, 4.69) is 0 Å². The van der Waals surface area contributed by atoms with Gasteiger partial charge in [0, 0.05) is 0 Å². The Balaban J connectivity index is 4.33. The zero-order valence-corrected chi connectivity index (χ0v) is 23.8. The van der Waals surface area contributed by atoms with Crippen LogP contribution in [-0.2, 0) is 74.4 Å². The van der Waals surface area contributed by atoms with Gasteiger partial charge >= 0.3 is 147 Å². The first-order chi connectivity index (χ1) is 9.51. The van der Waals surface area contributed by atoms with Crippen molar-refractivity contribution < 1.29 is 74.4 Å². The Hall–Kier alpha value is 0.730. The van der Waals surface area contributed by atoms with Crippen molar-refractivity contribution in [3.8, 4) is 0 Å². The van der Waals surface area contributed by atoms with Gasteiger partial charge < -0.3 is 0 Å². The third-order valence-electron chi connectivity index (χ3n) is 2.59. The van der Waals surface area contributed by atoms with Crippen molar-refractivity contribution in [1.82, 2.24) is 0 Å². The van der Waals surface area contributed by atoms with Crippen molar-refractivity contribution in [3.63, 3.8) is 0 Å². The third-order valence-corrected chi connectivity index (χ3v) is 13.6. The molecule has 0 aromatic carbocycles. The molecule has 0 saturated carbocycles.